The van der Waals surface area contributed by atoms with Crippen LogP contribution in [0.5, 0.6) is 5.75 Å². The summed E-state index contributed by atoms with van der Waals surface area (Å²) in [5.41, 5.74) is 6.35. The van der Waals surface area contributed by atoms with Crippen LogP contribution in [-0.2, 0) is 0 Å². The van der Waals surface area contributed by atoms with E-state index in [-0.39, 0.29) is 0 Å². The zero-order valence-corrected chi connectivity index (χ0v) is 9.93. The second-order valence-electron chi connectivity index (χ2n) is 3.57. The molecule has 2 rings (SSSR count). The van der Waals surface area contributed by atoms with Crippen molar-refractivity contribution in [3.63, 3.8) is 0 Å². The van der Waals surface area contributed by atoms with Crippen molar-refractivity contribution in [2.75, 3.05) is 7.11 Å². The highest BCUT2D eigenvalue weighted by molar-refractivity contribution is 7.10. The summed E-state index contributed by atoms with van der Waals surface area (Å²) in [5.74, 6) is -0.560. The highest BCUT2D eigenvalue weighted by Gasteiger charge is 2.14. The van der Waals surface area contributed by atoms with Crippen molar-refractivity contribution < 1.29 is 13.5 Å². The van der Waals surface area contributed by atoms with Crippen LogP contribution in [0.2, 0.25) is 0 Å². The molecule has 1 aromatic heterocycles. The zero-order chi connectivity index (χ0) is 12.4. The summed E-state index contributed by atoms with van der Waals surface area (Å²) in [7, 11) is 1.55. The van der Waals surface area contributed by atoms with Gasteiger partial charge in [-0.2, -0.15) is 0 Å². The molecular formula is C12H11F2NOS. The number of hydrogen-bond acceptors (Lipinski definition) is 3. The predicted octanol–water partition coefficient (Wildman–Crippen LogP) is 3.08. The van der Waals surface area contributed by atoms with E-state index in [1.165, 1.54) is 23.5 Å². The van der Waals surface area contributed by atoms with Crippen LogP contribution in [0.1, 0.15) is 16.5 Å². The first-order chi connectivity index (χ1) is 8.10. The number of halogens is 2. The van der Waals surface area contributed by atoms with Crippen LogP contribution < -0.4 is 10.5 Å². The van der Waals surface area contributed by atoms with Crippen LogP contribution in [0.25, 0.3) is 0 Å². The summed E-state index contributed by atoms with van der Waals surface area (Å²) in [5, 5.41) is 1.80. The van der Waals surface area contributed by atoms with Gasteiger partial charge in [0.2, 0.25) is 0 Å². The van der Waals surface area contributed by atoms with Gasteiger partial charge in [0.05, 0.1) is 13.2 Å². The molecule has 1 unspecified atom stereocenters. The van der Waals surface area contributed by atoms with Gasteiger partial charge in [-0.3, -0.25) is 0 Å². The van der Waals surface area contributed by atoms with Gasteiger partial charge in [0.25, 0.3) is 0 Å². The van der Waals surface area contributed by atoms with Crippen molar-refractivity contribution in [3.8, 4) is 5.75 Å². The fraction of sp³-hybridized carbons (Fsp3) is 0.167. The third-order valence-electron chi connectivity index (χ3n) is 2.38. The lowest BCUT2D eigenvalue weighted by molar-refractivity contribution is 0.416. The molecule has 0 aliphatic carbocycles. The topological polar surface area (TPSA) is 35.2 Å². The molecule has 0 aliphatic heterocycles. The molecule has 0 spiro atoms. The normalized spacial score (nSPS) is 12.5. The van der Waals surface area contributed by atoms with E-state index in [4.69, 9.17) is 10.5 Å². The Labute approximate surface area is 102 Å². The lowest BCUT2D eigenvalue weighted by Crippen LogP contribution is -2.10. The zero-order valence-electron chi connectivity index (χ0n) is 9.11. The quantitative estimate of drug-likeness (QED) is 0.914. The average molecular weight is 255 g/mol. The average Bonchev–Trinajstić information content (AvgIpc) is 2.75. The Kier molecular flexibility index (Phi) is 3.40. The van der Waals surface area contributed by atoms with Gasteiger partial charge in [-0.05, 0) is 23.8 Å². The number of thiophene rings is 1. The van der Waals surface area contributed by atoms with E-state index in [2.05, 4.69) is 0 Å². The molecule has 17 heavy (non-hydrogen) atoms. The summed E-state index contributed by atoms with van der Waals surface area (Å²) in [6.07, 6.45) is 0. The lowest BCUT2D eigenvalue weighted by atomic mass is 10.1. The Morgan fingerprint density at radius 3 is 2.35 bits per heavy atom. The molecule has 0 amide bonds. The van der Waals surface area contributed by atoms with E-state index in [0.717, 1.165) is 10.9 Å². The predicted molar refractivity (Wildman–Crippen MR) is 63.3 cm³/mol. The van der Waals surface area contributed by atoms with Gasteiger partial charge in [-0.1, -0.05) is 0 Å². The largest absolute Gasteiger partial charge is 0.496 e. The first-order valence-corrected chi connectivity index (χ1v) is 5.82. The second-order valence-corrected chi connectivity index (χ2v) is 4.51. The fourth-order valence-electron chi connectivity index (χ4n) is 1.52. The number of ether oxygens (including phenoxy) is 1. The first-order valence-electron chi connectivity index (χ1n) is 4.94. The van der Waals surface area contributed by atoms with Crippen molar-refractivity contribution in [2.45, 2.75) is 6.04 Å². The first kappa shape index (κ1) is 12.0. The van der Waals surface area contributed by atoms with E-state index < -0.39 is 17.7 Å². The van der Waals surface area contributed by atoms with Crippen molar-refractivity contribution in [1.29, 1.82) is 0 Å². The Hall–Kier alpha value is -1.46. The molecule has 2 N–H and O–H groups in total. The third kappa shape index (κ3) is 2.62. The van der Waals surface area contributed by atoms with E-state index in [9.17, 15) is 8.78 Å². The molecule has 0 saturated carbocycles. The molecule has 1 heterocycles. The Morgan fingerprint density at radius 2 is 1.82 bits per heavy atom. The summed E-state index contributed by atoms with van der Waals surface area (Å²) in [4.78, 5) is 0.798. The van der Waals surface area contributed by atoms with Crippen molar-refractivity contribution in [2.24, 2.45) is 5.73 Å². The van der Waals surface area contributed by atoms with Crippen LogP contribution in [0.3, 0.4) is 0 Å². The van der Waals surface area contributed by atoms with Crippen LogP contribution in [0, 0.1) is 11.6 Å². The molecule has 2 aromatic rings. The molecule has 90 valence electrons. The summed E-state index contributed by atoms with van der Waals surface area (Å²) in [6.45, 7) is 0. The molecule has 5 heteroatoms. The number of nitrogens with two attached hydrogens (primary N) is 1. The van der Waals surface area contributed by atoms with E-state index >= 15 is 0 Å². The van der Waals surface area contributed by atoms with Gasteiger partial charge in [-0.25, -0.2) is 8.78 Å². The molecule has 0 saturated heterocycles. The van der Waals surface area contributed by atoms with Crippen molar-refractivity contribution in [1.82, 2.24) is 0 Å². The molecule has 0 radical (unpaired) electrons. The molecular weight excluding hydrogens is 244 g/mol. The van der Waals surface area contributed by atoms with Gasteiger partial charge in [0.15, 0.2) is 0 Å². The smallest absolute Gasteiger partial charge is 0.129 e. The van der Waals surface area contributed by atoms with Gasteiger partial charge in [0, 0.05) is 16.3 Å². The number of hydrogen-bond donors (Lipinski definition) is 1. The van der Waals surface area contributed by atoms with Crippen molar-refractivity contribution >= 4 is 11.3 Å². The number of methoxy groups -OCH3 is 1. The molecule has 1 atom stereocenters. The monoisotopic (exact) mass is 255 g/mol. The number of benzene rings is 1. The minimum absolute atomic E-state index is 0.409. The third-order valence-corrected chi connectivity index (χ3v) is 3.38. The van der Waals surface area contributed by atoms with Crippen LogP contribution in [0.15, 0.2) is 29.6 Å². The molecule has 1 aromatic carbocycles. The van der Waals surface area contributed by atoms with Gasteiger partial charge in [0.1, 0.15) is 17.4 Å². The fourth-order valence-corrected chi connectivity index (χ4v) is 2.41. The Balaban J connectivity index is 2.32. The maximum atomic E-state index is 13.1. The minimum Gasteiger partial charge on any atom is -0.496 e. The van der Waals surface area contributed by atoms with Crippen molar-refractivity contribution in [3.05, 3.63) is 51.7 Å². The summed E-state index contributed by atoms with van der Waals surface area (Å²) < 4.78 is 31.2. The Bertz CT molecular complexity index is 507. The SMILES string of the molecule is COc1csc(C(N)c2cc(F)cc(F)c2)c1. The second kappa shape index (κ2) is 4.81. The molecule has 2 nitrogen and oxygen atoms in total. The molecule has 0 fully saturated rings. The maximum absolute atomic E-state index is 13.1. The number of rotatable bonds is 3. The van der Waals surface area contributed by atoms with Gasteiger partial charge < -0.3 is 10.5 Å². The Morgan fingerprint density at radius 1 is 1.18 bits per heavy atom. The van der Waals surface area contributed by atoms with Gasteiger partial charge in [-0.15, -0.1) is 11.3 Å². The summed E-state index contributed by atoms with van der Waals surface area (Å²) in [6, 6.07) is 4.51. The highest BCUT2D eigenvalue weighted by Crippen LogP contribution is 2.29. The van der Waals surface area contributed by atoms with Crippen LogP contribution in [-0.4, -0.2) is 7.11 Å². The van der Waals surface area contributed by atoms with E-state index in [0.29, 0.717) is 11.3 Å². The van der Waals surface area contributed by atoms with Crippen LogP contribution in [0.4, 0.5) is 8.78 Å². The van der Waals surface area contributed by atoms with E-state index in [1.54, 1.807) is 18.6 Å². The molecule has 0 aliphatic rings. The minimum atomic E-state index is -0.626. The standard InChI is InChI=1S/C12H11F2NOS/c1-16-10-5-11(17-6-10)12(15)7-2-8(13)4-9(14)3-7/h2-6,12H,15H2,1H3. The highest BCUT2D eigenvalue weighted by atomic mass is 32.1. The lowest BCUT2D eigenvalue weighted by Gasteiger charge is -2.10. The van der Waals surface area contributed by atoms with Gasteiger partial charge >= 0.3 is 0 Å². The van der Waals surface area contributed by atoms with E-state index in [1.807, 2.05) is 0 Å². The van der Waals surface area contributed by atoms with Crippen LogP contribution >= 0.6 is 11.3 Å². The summed E-state index contributed by atoms with van der Waals surface area (Å²) >= 11 is 1.39. The maximum Gasteiger partial charge on any atom is 0.129 e. The molecule has 0 bridgehead atoms.